The second-order valence-electron chi connectivity index (χ2n) is 6.00. The third-order valence-corrected chi connectivity index (χ3v) is 5.09. The highest BCUT2D eigenvalue weighted by atomic mass is 32.1. The molecule has 25 heavy (non-hydrogen) atoms. The fourth-order valence-electron chi connectivity index (χ4n) is 2.91. The number of hydrogen-bond acceptors (Lipinski definition) is 4. The largest absolute Gasteiger partial charge is 0.369 e. The molecule has 0 radical (unpaired) electrons. The lowest BCUT2D eigenvalue weighted by Gasteiger charge is -2.31. The second kappa shape index (κ2) is 7.48. The molecule has 1 aromatic heterocycles. The van der Waals surface area contributed by atoms with Gasteiger partial charge in [0.1, 0.15) is 0 Å². The van der Waals surface area contributed by atoms with E-state index in [9.17, 15) is 14.4 Å². The van der Waals surface area contributed by atoms with Crippen molar-refractivity contribution >= 4 is 34.7 Å². The summed E-state index contributed by atoms with van der Waals surface area (Å²) in [5, 5.41) is 4.63. The fraction of sp³-hybridized carbons (Fsp3) is 0.278. The standard InChI is InChI=1S/C18H19N3O3S/c19-16(22)13-5-2-8-21(11-13)18(24)12-4-1-6-14(10-12)20-17(23)15-7-3-9-25-15/h1,3-4,6-7,9-10,13H,2,5,8,11H2,(H2,19,22)(H,20,23)/t13-/m1/s1. The van der Waals surface area contributed by atoms with Gasteiger partial charge in [-0.2, -0.15) is 0 Å². The summed E-state index contributed by atoms with van der Waals surface area (Å²) in [7, 11) is 0. The summed E-state index contributed by atoms with van der Waals surface area (Å²) in [6.45, 7) is 0.953. The average Bonchev–Trinajstić information content (AvgIpc) is 3.16. The number of primary amides is 1. The number of nitrogens with one attached hydrogen (secondary N) is 1. The maximum Gasteiger partial charge on any atom is 0.265 e. The first-order chi connectivity index (χ1) is 12.0. The first-order valence-electron chi connectivity index (χ1n) is 8.08. The minimum Gasteiger partial charge on any atom is -0.369 e. The van der Waals surface area contributed by atoms with Gasteiger partial charge in [-0.3, -0.25) is 14.4 Å². The van der Waals surface area contributed by atoms with Gasteiger partial charge in [0, 0.05) is 24.3 Å². The fourth-order valence-corrected chi connectivity index (χ4v) is 3.53. The highest BCUT2D eigenvalue weighted by Gasteiger charge is 2.27. The van der Waals surface area contributed by atoms with E-state index in [1.54, 1.807) is 35.2 Å². The number of benzene rings is 1. The van der Waals surface area contributed by atoms with Crippen molar-refractivity contribution in [3.05, 3.63) is 52.2 Å². The van der Waals surface area contributed by atoms with Gasteiger partial charge in [-0.05, 0) is 42.5 Å². The van der Waals surface area contributed by atoms with Crippen LogP contribution in [-0.2, 0) is 4.79 Å². The number of likely N-dealkylation sites (tertiary alicyclic amines) is 1. The second-order valence-corrected chi connectivity index (χ2v) is 6.95. The van der Waals surface area contributed by atoms with Crippen LogP contribution in [0.1, 0.15) is 32.9 Å². The van der Waals surface area contributed by atoms with Gasteiger partial charge in [-0.1, -0.05) is 12.1 Å². The minimum atomic E-state index is -0.366. The molecule has 2 aromatic rings. The van der Waals surface area contributed by atoms with E-state index in [-0.39, 0.29) is 23.6 Å². The van der Waals surface area contributed by atoms with E-state index in [0.29, 0.717) is 29.2 Å². The van der Waals surface area contributed by atoms with Gasteiger partial charge in [0.25, 0.3) is 11.8 Å². The highest BCUT2D eigenvalue weighted by molar-refractivity contribution is 7.12. The summed E-state index contributed by atoms with van der Waals surface area (Å²) >= 11 is 1.36. The highest BCUT2D eigenvalue weighted by Crippen LogP contribution is 2.20. The molecule has 1 aliphatic heterocycles. The molecule has 6 nitrogen and oxygen atoms in total. The molecule has 2 heterocycles. The van der Waals surface area contributed by atoms with Crippen molar-refractivity contribution in [2.45, 2.75) is 12.8 Å². The molecule has 1 fully saturated rings. The average molecular weight is 357 g/mol. The van der Waals surface area contributed by atoms with E-state index in [0.717, 1.165) is 12.8 Å². The summed E-state index contributed by atoms with van der Waals surface area (Å²) in [4.78, 5) is 38.5. The maximum atomic E-state index is 12.7. The number of rotatable bonds is 4. The molecule has 3 rings (SSSR count). The monoisotopic (exact) mass is 357 g/mol. The van der Waals surface area contributed by atoms with E-state index in [4.69, 9.17) is 5.73 Å². The Morgan fingerprint density at radius 3 is 2.76 bits per heavy atom. The van der Waals surface area contributed by atoms with E-state index in [1.165, 1.54) is 11.3 Å². The number of nitrogens with zero attached hydrogens (tertiary/aromatic N) is 1. The van der Waals surface area contributed by atoms with Crippen molar-refractivity contribution in [1.82, 2.24) is 4.90 Å². The Kier molecular flexibility index (Phi) is 5.14. The topological polar surface area (TPSA) is 92.5 Å². The van der Waals surface area contributed by atoms with Crippen LogP contribution in [0.3, 0.4) is 0 Å². The van der Waals surface area contributed by atoms with Crippen LogP contribution in [0.2, 0.25) is 0 Å². The molecule has 130 valence electrons. The third-order valence-electron chi connectivity index (χ3n) is 4.22. The Balaban J connectivity index is 1.71. The lowest BCUT2D eigenvalue weighted by Crippen LogP contribution is -2.44. The molecule has 1 aliphatic rings. The number of carbonyl (C=O) groups excluding carboxylic acids is 3. The first kappa shape index (κ1) is 17.2. The van der Waals surface area contributed by atoms with Crippen molar-refractivity contribution in [3.8, 4) is 0 Å². The van der Waals surface area contributed by atoms with Crippen molar-refractivity contribution in [1.29, 1.82) is 0 Å². The van der Waals surface area contributed by atoms with Crippen LogP contribution in [0.15, 0.2) is 41.8 Å². The van der Waals surface area contributed by atoms with E-state index in [2.05, 4.69) is 5.32 Å². The summed E-state index contributed by atoms with van der Waals surface area (Å²) in [5.41, 5.74) is 6.41. The Morgan fingerprint density at radius 2 is 2.04 bits per heavy atom. The summed E-state index contributed by atoms with van der Waals surface area (Å²) in [6.07, 6.45) is 1.48. The van der Waals surface area contributed by atoms with Crippen LogP contribution in [-0.4, -0.2) is 35.7 Å². The lowest BCUT2D eigenvalue weighted by molar-refractivity contribution is -0.123. The van der Waals surface area contributed by atoms with E-state index < -0.39 is 0 Å². The molecule has 0 bridgehead atoms. The van der Waals surface area contributed by atoms with Gasteiger partial charge in [0.2, 0.25) is 5.91 Å². The Morgan fingerprint density at radius 1 is 1.20 bits per heavy atom. The van der Waals surface area contributed by atoms with Gasteiger partial charge in [-0.25, -0.2) is 0 Å². The predicted molar refractivity (Wildman–Crippen MR) is 96.5 cm³/mol. The van der Waals surface area contributed by atoms with Gasteiger partial charge >= 0.3 is 0 Å². The van der Waals surface area contributed by atoms with Crippen LogP contribution in [0.25, 0.3) is 0 Å². The zero-order chi connectivity index (χ0) is 17.8. The number of carbonyl (C=O) groups is 3. The number of anilines is 1. The number of nitrogens with two attached hydrogens (primary N) is 1. The van der Waals surface area contributed by atoms with Crippen molar-refractivity contribution in [2.24, 2.45) is 11.7 Å². The zero-order valence-electron chi connectivity index (χ0n) is 13.6. The molecule has 1 aromatic carbocycles. The van der Waals surface area contributed by atoms with Gasteiger partial charge in [0.05, 0.1) is 10.8 Å². The number of thiophene rings is 1. The van der Waals surface area contributed by atoms with Crippen molar-refractivity contribution < 1.29 is 14.4 Å². The maximum absolute atomic E-state index is 12.7. The Bertz CT molecular complexity index is 789. The zero-order valence-corrected chi connectivity index (χ0v) is 14.4. The van der Waals surface area contributed by atoms with Crippen LogP contribution in [0, 0.1) is 5.92 Å². The number of amides is 3. The molecule has 1 atom stereocenters. The molecular weight excluding hydrogens is 338 g/mol. The molecule has 0 saturated carbocycles. The summed E-state index contributed by atoms with van der Waals surface area (Å²) < 4.78 is 0. The van der Waals surface area contributed by atoms with Crippen LogP contribution >= 0.6 is 11.3 Å². The Hall–Kier alpha value is -2.67. The molecule has 3 amide bonds. The van der Waals surface area contributed by atoms with Crippen LogP contribution in [0.4, 0.5) is 5.69 Å². The van der Waals surface area contributed by atoms with Crippen LogP contribution in [0.5, 0.6) is 0 Å². The minimum absolute atomic E-state index is 0.154. The lowest BCUT2D eigenvalue weighted by atomic mass is 9.97. The molecule has 1 saturated heterocycles. The van der Waals surface area contributed by atoms with Gasteiger partial charge < -0.3 is 16.0 Å². The molecule has 7 heteroatoms. The molecule has 3 N–H and O–H groups in total. The predicted octanol–water partition coefficient (Wildman–Crippen LogP) is 2.34. The first-order valence-corrected chi connectivity index (χ1v) is 8.96. The summed E-state index contributed by atoms with van der Waals surface area (Å²) in [6, 6.07) is 10.4. The smallest absolute Gasteiger partial charge is 0.265 e. The molecule has 0 aliphatic carbocycles. The van der Waals surface area contributed by atoms with Crippen LogP contribution < -0.4 is 11.1 Å². The van der Waals surface area contributed by atoms with Crippen molar-refractivity contribution in [3.63, 3.8) is 0 Å². The molecular formula is C18H19N3O3S. The van der Waals surface area contributed by atoms with Gasteiger partial charge in [0.15, 0.2) is 0 Å². The van der Waals surface area contributed by atoms with E-state index >= 15 is 0 Å². The SMILES string of the molecule is NC(=O)[C@@H]1CCCN(C(=O)c2cccc(NC(=O)c3cccs3)c2)C1. The number of hydrogen-bond donors (Lipinski definition) is 2. The van der Waals surface area contributed by atoms with Crippen molar-refractivity contribution in [2.75, 3.05) is 18.4 Å². The summed E-state index contributed by atoms with van der Waals surface area (Å²) in [5.74, 6) is -1.02. The quantitative estimate of drug-likeness (QED) is 0.879. The number of piperidine rings is 1. The van der Waals surface area contributed by atoms with Gasteiger partial charge in [-0.15, -0.1) is 11.3 Å². The normalized spacial score (nSPS) is 17.1. The molecule has 0 unspecified atom stereocenters. The molecule has 0 spiro atoms. The Labute approximate surface area is 149 Å². The van der Waals surface area contributed by atoms with E-state index in [1.807, 2.05) is 11.4 Å². The third kappa shape index (κ3) is 4.06.